The van der Waals surface area contributed by atoms with Crippen LogP contribution in [-0.4, -0.2) is 37.2 Å². The highest BCUT2D eigenvalue weighted by atomic mass is 16.6. The van der Waals surface area contributed by atoms with Gasteiger partial charge in [-0.15, -0.1) is 0 Å². The summed E-state index contributed by atoms with van der Waals surface area (Å²) >= 11 is 0. The summed E-state index contributed by atoms with van der Waals surface area (Å²) in [5.74, 6) is -0.942. The normalized spacial score (nSPS) is 13.1. The van der Waals surface area contributed by atoms with Gasteiger partial charge in [0, 0.05) is 19.3 Å². The van der Waals surface area contributed by atoms with Gasteiger partial charge in [-0.2, -0.15) is 0 Å². The second-order valence-electron chi connectivity index (χ2n) is 22.0. The topological polar surface area (TPSA) is 78.9 Å². The van der Waals surface area contributed by atoms with Crippen LogP contribution in [0.2, 0.25) is 0 Å². The molecule has 0 radical (unpaired) electrons. The Morgan fingerprint density at radius 2 is 0.476 bits per heavy atom. The van der Waals surface area contributed by atoms with E-state index in [0.29, 0.717) is 25.7 Å². The van der Waals surface area contributed by atoms with Crippen molar-refractivity contribution < 1.29 is 28.6 Å². The van der Waals surface area contributed by atoms with Gasteiger partial charge < -0.3 is 14.2 Å². The average Bonchev–Trinajstić information content (AvgIpc) is 3.47. The molecule has 0 amide bonds. The van der Waals surface area contributed by atoms with Crippen molar-refractivity contribution in [2.45, 2.75) is 303 Å². The molecule has 0 aromatic heterocycles. The van der Waals surface area contributed by atoms with Gasteiger partial charge in [0.1, 0.15) is 13.2 Å². The van der Waals surface area contributed by atoms with Crippen LogP contribution in [0.3, 0.4) is 0 Å². The first kappa shape index (κ1) is 77.3. The van der Waals surface area contributed by atoms with E-state index in [9.17, 15) is 14.4 Å². The number of allylic oxidation sites excluding steroid dienone is 24. The van der Waals surface area contributed by atoms with Crippen LogP contribution in [0, 0.1) is 0 Å². The molecular weight excluding hydrogens is 1010 g/mol. The molecule has 6 nitrogen and oxygen atoms in total. The number of carbonyl (C=O) groups excluding carboxylic acids is 3. The van der Waals surface area contributed by atoms with Gasteiger partial charge in [0.15, 0.2) is 6.10 Å². The maximum Gasteiger partial charge on any atom is 0.306 e. The highest BCUT2D eigenvalue weighted by molar-refractivity contribution is 5.71. The Morgan fingerprint density at radius 1 is 0.256 bits per heavy atom. The molecule has 1 unspecified atom stereocenters. The molecule has 0 spiro atoms. The SMILES string of the molecule is CC/C=C\C/C=C\C/C=C\C/C=C\C/C=C\C/C=C\C/C=C\C/C=C\C/C=C\C/C=C\CCCCC(=O)OCC(COC(=O)CCCCCCCCCCCCCC)OC(=O)CCCCCCCCCCC/C=C\C/C=C\CCCCC. The molecule has 0 rings (SSSR count). The van der Waals surface area contributed by atoms with Crippen molar-refractivity contribution in [1.29, 1.82) is 0 Å². The largest absolute Gasteiger partial charge is 0.462 e. The van der Waals surface area contributed by atoms with Crippen LogP contribution in [0.1, 0.15) is 297 Å². The van der Waals surface area contributed by atoms with E-state index in [0.717, 1.165) is 122 Å². The lowest BCUT2D eigenvalue weighted by Gasteiger charge is -2.18. The van der Waals surface area contributed by atoms with Crippen molar-refractivity contribution in [3.63, 3.8) is 0 Å². The summed E-state index contributed by atoms with van der Waals surface area (Å²) in [7, 11) is 0. The highest BCUT2D eigenvalue weighted by Crippen LogP contribution is 2.15. The summed E-state index contributed by atoms with van der Waals surface area (Å²) in [6.45, 7) is 6.47. The van der Waals surface area contributed by atoms with Crippen molar-refractivity contribution in [2.24, 2.45) is 0 Å². The molecule has 6 heteroatoms. The Balaban J connectivity index is 4.38. The predicted molar refractivity (Wildman–Crippen MR) is 357 cm³/mol. The summed E-state index contributed by atoms with van der Waals surface area (Å²) in [5, 5.41) is 0. The number of hydrogen-bond acceptors (Lipinski definition) is 6. The summed E-state index contributed by atoms with van der Waals surface area (Å²) in [6.07, 6.45) is 98.6. The molecule has 1 atom stereocenters. The maximum absolute atomic E-state index is 12.9. The predicted octanol–water partition coefficient (Wildman–Crippen LogP) is 23.5. The quantitative estimate of drug-likeness (QED) is 0.0261. The number of unbranched alkanes of at least 4 members (excludes halogenated alkanes) is 25. The van der Waals surface area contributed by atoms with E-state index in [4.69, 9.17) is 14.2 Å². The van der Waals surface area contributed by atoms with Crippen LogP contribution in [0.4, 0.5) is 0 Å². The van der Waals surface area contributed by atoms with Crippen LogP contribution in [0.25, 0.3) is 0 Å². The number of hydrogen-bond donors (Lipinski definition) is 0. The zero-order chi connectivity index (χ0) is 59.2. The van der Waals surface area contributed by atoms with Gasteiger partial charge in [0.2, 0.25) is 0 Å². The van der Waals surface area contributed by atoms with Gasteiger partial charge in [0.25, 0.3) is 0 Å². The minimum Gasteiger partial charge on any atom is -0.462 e. The van der Waals surface area contributed by atoms with Crippen LogP contribution < -0.4 is 0 Å². The third-order valence-corrected chi connectivity index (χ3v) is 14.1. The van der Waals surface area contributed by atoms with Gasteiger partial charge >= 0.3 is 17.9 Å². The standard InChI is InChI=1S/C76H124O6/c1-4-7-10-13-16-19-22-25-27-29-31-32-33-34-35-36-37-38-39-40-41-42-43-44-46-47-49-51-54-57-60-63-66-69-75(78)81-72-73(71-80-74(77)68-65-62-59-56-53-24-21-18-15-12-9-6-3)82-76(79)70-67-64-61-58-55-52-50-48-45-30-28-26-23-20-17-14-11-8-5-2/h7,10,16-17,19-20,25-28,31-32,34-35,37-38,40-41,43-44,47,49,54,57,73H,4-6,8-9,11-15,18,21-24,29-30,33,36,39,42,45-46,48,50-53,55-56,58-72H2,1-3H3/b10-7-,19-16-,20-17-,27-25-,28-26-,32-31-,35-34-,38-37-,41-40-,44-43-,49-47-,57-54-. The fourth-order valence-electron chi connectivity index (χ4n) is 9.03. The smallest absolute Gasteiger partial charge is 0.306 e. The van der Waals surface area contributed by atoms with E-state index in [1.807, 2.05) is 0 Å². The molecule has 0 saturated carbocycles. The molecular formula is C76H124O6. The first-order chi connectivity index (χ1) is 40.5. The Hall–Kier alpha value is -4.71. The average molecular weight is 1130 g/mol. The Labute approximate surface area is 506 Å². The molecule has 464 valence electrons. The fourth-order valence-corrected chi connectivity index (χ4v) is 9.03. The van der Waals surface area contributed by atoms with Crippen LogP contribution in [-0.2, 0) is 28.6 Å². The molecule has 0 heterocycles. The fraction of sp³-hybridized carbons (Fsp3) is 0.645. The van der Waals surface area contributed by atoms with E-state index in [2.05, 4.69) is 167 Å². The zero-order valence-electron chi connectivity index (χ0n) is 53.2. The molecule has 0 aromatic rings. The molecule has 0 aliphatic rings. The third-order valence-electron chi connectivity index (χ3n) is 14.1. The molecule has 0 aromatic carbocycles. The maximum atomic E-state index is 12.9. The lowest BCUT2D eigenvalue weighted by atomic mass is 10.0. The second-order valence-corrected chi connectivity index (χ2v) is 22.0. The molecule has 0 saturated heterocycles. The second kappa shape index (κ2) is 68.8. The molecule has 0 N–H and O–H groups in total. The highest BCUT2D eigenvalue weighted by Gasteiger charge is 2.19. The minimum atomic E-state index is -0.803. The van der Waals surface area contributed by atoms with Crippen molar-refractivity contribution >= 4 is 17.9 Å². The molecule has 0 aliphatic heterocycles. The summed E-state index contributed by atoms with van der Waals surface area (Å²) < 4.78 is 16.9. The lowest BCUT2D eigenvalue weighted by molar-refractivity contribution is -0.167. The third kappa shape index (κ3) is 66.1. The summed E-state index contributed by atoms with van der Waals surface area (Å²) in [6, 6.07) is 0. The van der Waals surface area contributed by atoms with E-state index >= 15 is 0 Å². The van der Waals surface area contributed by atoms with Crippen molar-refractivity contribution in [3.05, 3.63) is 146 Å². The van der Waals surface area contributed by atoms with E-state index in [1.165, 1.54) is 128 Å². The number of ether oxygens (including phenoxy) is 3. The van der Waals surface area contributed by atoms with Gasteiger partial charge in [-0.25, -0.2) is 0 Å². The first-order valence-electron chi connectivity index (χ1n) is 33.8. The zero-order valence-corrected chi connectivity index (χ0v) is 53.2. The van der Waals surface area contributed by atoms with E-state index in [1.54, 1.807) is 0 Å². The Morgan fingerprint density at radius 3 is 0.793 bits per heavy atom. The lowest BCUT2D eigenvalue weighted by Crippen LogP contribution is -2.30. The first-order valence-corrected chi connectivity index (χ1v) is 33.8. The van der Waals surface area contributed by atoms with Crippen LogP contribution >= 0.6 is 0 Å². The Kier molecular flexibility index (Phi) is 64.8. The molecule has 0 aliphatic carbocycles. The van der Waals surface area contributed by atoms with Gasteiger partial charge in [-0.3, -0.25) is 14.4 Å². The minimum absolute atomic E-state index is 0.0951. The van der Waals surface area contributed by atoms with Gasteiger partial charge in [-0.1, -0.05) is 295 Å². The number of esters is 3. The van der Waals surface area contributed by atoms with Gasteiger partial charge in [-0.05, 0) is 128 Å². The van der Waals surface area contributed by atoms with Crippen molar-refractivity contribution in [2.75, 3.05) is 13.2 Å². The molecule has 0 bridgehead atoms. The van der Waals surface area contributed by atoms with Crippen LogP contribution in [0.5, 0.6) is 0 Å². The monoisotopic (exact) mass is 1130 g/mol. The van der Waals surface area contributed by atoms with Crippen molar-refractivity contribution in [3.8, 4) is 0 Å². The van der Waals surface area contributed by atoms with Crippen molar-refractivity contribution in [1.82, 2.24) is 0 Å². The van der Waals surface area contributed by atoms with Crippen LogP contribution in [0.15, 0.2) is 146 Å². The Bertz CT molecular complexity index is 1780. The van der Waals surface area contributed by atoms with E-state index in [-0.39, 0.29) is 31.1 Å². The number of rotatable bonds is 60. The van der Waals surface area contributed by atoms with Gasteiger partial charge in [0.05, 0.1) is 0 Å². The van der Waals surface area contributed by atoms with E-state index < -0.39 is 6.10 Å². The number of carbonyl (C=O) groups is 3. The summed E-state index contributed by atoms with van der Waals surface area (Å²) in [5.41, 5.74) is 0. The molecule has 0 fully saturated rings. The summed E-state index contributed by atoms with van der Waals surface area (Å²) in [4.78, 5) is 38.3. The molecule has 82 heavy (non-hydrogen) atoms.